The van der Waals surface area contributed by atoms with Gasteiger partial charge in [0.25, 0.3) is 5.91 Å². The molecule has 4 saturated carbocycles. The first-order chi connectivity index (χ1) is 16.9. The van der Waals surface area contributed by atoms with Crippen LogP contribution in [0.25, 0.3) is 5.65 Å². The van der Waals surface area contributed by atoms with E-state index in [1.807, 2.05) is 33.7 Å². The van der Waals surface area contributed by atoms with Crippen LogP contribution >= 0.6 is 0 Å². The summed E-state index contributed by atoms with van der Waals surface area (Å²) in [5.41, 5.74) is 2.36. The molecule has 5 fully saturated rings. The molecule has 7 rings (SSSR count). The molecule has 7 nitrogen and oxygen atoms in total. The number of likely N-dealkylation sites (tertiary alicyclic amines) is 1. The summed E-state index contributed by atoms with van der Waals surface area (Å²) < 4.78 is 1.86. The zero-order valence-corrected chi connectivity index (χ0v) is 21.2. The SMILES string of the molecule is CN(C)C1CCCN(C(=O)Cc2cn3c(C(=O)NCC45CC6CC(CC(C6)C4)C5)cccc3n2)C1. The van der Waals surface area contributed by atoms with E-state index < -0.39 is 0 Å². The molecule has 2 aromatic heterocycles. The Balaban J connectivity index is 1.13. The van der Waals surface area contributed by atoms with Crippen molar-refractivity contribution in [3.8, 4) is 0 Å². The van der Waals surface area contributed by atoms with Crippen molar-refractivity contribution in [1.29, 1.82) is 0 Å². The van der Waals surface area contributed by atoms with Crippen LogP contribution in [0.3, 0.4) is 0 Å². The average Bonchev–Trinajstić information content (AvgIpc) is 3.24. The number of aromatic nitrogens is 2. The molecule has 0 spiro atoms. The molecule has 7 heteroatoms. The Bertz CT molecular complexity index is 1090. The minimum atomic E-state index is -0.0357. The van der Waals surface area contributed by atoms with E-state index >= 15 is 0 Å². The molecule has 2 amide bonds. The number of hydrogen-bond acceptors (Lipinski definition) is 4. The van der Waals surface area contributed by atoms with Gasteiger partial charge in [0.1, 0.15) is 11.3 Å². The molecule has 0 aromatic carbocycles. The number of fused-ring (bicyclic) bond motifs is 1. The number of imidazole rings is 1. The Morgan fingerprint density at radius 2 is 1.83 bits per heavy atom. The molecule has 4 aliphatic carbocycles. The van der Waals surface area contributed by atoms with Gasteiger partial charge in [-0.3, -0.25) is 14.0 Å². The average molecular weight is 478 g/mol. The maximum atomic E-state index is 13.3. The van der Waals surface area contributed by atoms with E-state index in [-0.39, 0.29) is 18.2 Å². The molecule has 1 aliphatic heterocycles. The summed E-state index contributed by atoms with van der Waals surface area (Å²) in [6.07, 6.45) is 12.4. The van der Waals surface area contributed by atoms with E-state index in [4.69, 9.17) is 0 Å². The Morgan fingerprint density at radius 3 is 2.51 bits per heavy atom. The lowest BCUT2D eigenvalue weighted by Crippen LogP contribution is -2.51. The third-order valence-electron chi connectivity index (χ3n) is 9.38. The lowest BCUT2D eigenvalue weighted by Gasteiger charge is -2.56. The van der Waals surface area contributed by atoms with Crippen molar-refractivity contribution in [2.24, 2.45) is 23.2 Å². The zero-order valence-electron chi connectivity index (χ0n) is 21.2. The van der Waals surface area contributed by atoms with Gasteiger partial charge in [-0.1, -0.05) is 6.07 Å². The first kappa shape index (κ1) is 23.0. The van der Waals surface area contributed by atoms with Crippen molar-refractivity contribution in [2.75, 3.05) is 33.7 Å². The maximum absolute atomic E-state index is 13.3. The Kier molecular flexibility index (Phi) is 5.86. The topological polar surface area (TPSA) is 70.0 Å². The third-order valence-corrected chi connectivity index (χ3v) is 9.38. The van der Waals surface area contributed by atoms with Gasteiger partial charge in [-0.15, -0.1) is 0 Å². The number of carbonyl (C=O) groups excluding carboxylic acids is 2. The number of hydrogen-bond donors (Lipinski definition) is 1. The fraction of sp³-hybridized carbons (Fsp3) is 0.679. The normalized spacial score (nSPS) is 31.9. The quantitative estimate of drug-likeness (QED) is 0.693. The third kappa shape index (κ3) is 4.48. The van der Waals surface area contributed by atoms with Crippen LogP contribution in [0, 0.1) is 23.2 Å². The van der Waals surface area contributed by atoms with Crippen LogP contribution < -0.4 is 5.32 Å². The zero-order chi connectivity index (χ0) is 24.2. The molecule has 0 radical (unpaired) electrons. The summed E-state index contributed by atoms with van der Waals surface area (Å²) in [4.78, 5) is 35.2. The highest BCUT2D eigenvalue weighted by atomic mass is 16.2. The summed E-state index contributed by atoms with van der Waals surface area (Å²) in [5, 5.41) is 3.30. The van der Waals surface area contributed by atoms with E-state index in [1.54, 1.807) is 0 Å². The van der Waals surface area contributed by atoms with Crippen LogP contribution in [0.4, 0.5) is 0 Å². The summed E-state index contributed by atoms with van der Waals surface area (Å²) in [6.45, 7) is 2.37. The van der Waals surface area contributed by atoms with Gasteiger partial charge in [-0.05, 0) is 101 Å². The molecule has 35 heavy (non-hydrogen) atoms. The summed E-state index contributed by atoms with van der Waals surface area (Å²) in [5.74, 6) is 2.72. The van der Waals surface area contributed by atoms with Gasteiger partial charge in [0.2, 0.25) is 5.91 Å². The maximum Gasteiger partial charge on any atom is 0.268 e. The van der Waals surface area contributed by atoms with E-state index in [9.17, 15) is 9.59 Å². The predicted octanol–water partition coefficient (Wildman–Crippen LogP) is 3.38. The summed E-state index contributed by atoms with van der Waals surface area (Å²) in [7, 11) is 4.16. The number of likely N-dealkylation sites (N-methyl/N-ethyl adjacent to an activating group) is 1. The van der Waals surface area contributed by atoms with E-state index in [1.165, 1.54) is 38.5 Å². The smallest absolute Gasteiger partial charge is 0.268 e. The van der Waals surface area contributed by atoms with Gasteiger partial charge in [0, 0.05) is 31.9 Å². The van der Waals surface area contributed by atoms with Crippen LogP contribution in [-0.4, -0.2) is 70.8 Å². The molecular weight excluding hydrogens is 438 g/mol. The van der Waals surface area contributed by atoms with Crippen LogP contribution in [-0.2, 0) is 11.2 Å². The van der Waals surface area contributed by atoms with Gasteiger partial charge in [-0.25, -0.2) is 4.98 Å². The molecule has 5 aliphatic rings. The Hall–Kier alpha value is -2.41. The van der Waals surface area contributed by atoms with Crippen molar-refractivity contribution in [3.05, 3.63) is 35.8 Å². The van der Waals surface area contributed by atoms with Crippen LogP contribution in [0.5, 0.6) is 0 Å². The number of piperidine rings is 1. The number of carbonyl (C=O) groups is 2. The molecule has 4 bridgehead atoms. The minimum absolute atomic E-state index is 0.0357. The minimum Gasteiger partial charge on any atom is -0.350 e. The number of nitrogens with zero attached hydrogens (tertiary/aromatic N) is 4. The number of rotatable bonds is 6. The molecule has 1 atom stereocenters. The van der Waals surface area contributed by atoms with Gasteiger partial charge < -0.3 is 15.1 Å². The fourth-order valence-corrected chi connectivity index (χ4v) is 8.07. The Labute approximate surface area is 208 Å². The summed E-state index contributed by atoms with van der Waals surface area (Å²) in [6, 6.07) is 6.08. The van der Waals surface area contributed by atoms with E-state index in [2.05, 4.69) is 29.3 Å². The molecule has 1 N–H and O–H groups in total. The number of nitrogens with one attached hydrogen (secondary N) is 1. The van der Waals surface area contributed by atoms with Crippen molar-refractivity contribution >= 4 is 17.5 Å². The molecular formula is C28H39N5O2. The van der Waals surface area contributed by atoms with Crippen molar-refractivity contribution in [1.82, 2.24) is 24.5 Å². The fourth-order valence-electron chi connectivity index (χ4n) is 8.07. The van der Waals surface area contributed by atoms with E-state index in [0.29, 0.717) is 17.2 Å². The molecule has 3 heterocycles. The highest BCUT2D eigenvalue weighted by molar-refractivity contribution is 5.93. The highest BCUT2D eigenvalue weighted by Crippen LogP contribution is 2.59. The second kappa shape index (κ2) is 8.91. The molecule has 2 aromatic rings. The lowest BCUT2D eigenvalue weighted by molar-refractivity contribution is -0.132. The second-order valence-electron chi connectivity index (χ2n) is 12.2. The standard InChI is InChI=1S/C28H39N5O2/c1-31(2)23-5-4-8-32(17-23)26(34)12-22-16-33-24(6-3-7-25(33)30-22)27(35)29-18-28-13-19-9-20(14-28)11-21(10-19)15-28/h3,6-7,16,19-21,23H,4-5,8-15,17-18H2,1-2H3,(H,29,35). The molecule has 188 valence electrons. The largest absolute Gasteiger partial charge is 0.350 e. The Morgan fingerprint density at radius 1 is 1.11 bits per heavy atom. The van der Waals surface area contributed by atoms with Gasteiger partial charge in [-0.2, -0.15) is 0 Å². The highest BCUT2D eigenvalue weighted by Gasteiger charge is 2.50. The number of amides is 2. The van der Waals surface area contributed by atoms with Crippen LogP contribution in [0.1, 0.15) is 67.5 Å². The second-order valence-corrected chi connectivity index (χ2v) is 12.2. The van der Waals surface area contributed by atoms with Crippen LogP contribution in [0.2, 0.25) is 0 Å². The first-order valence-electron chi connectivity index (χ1n) is 13.6. The lowest BCUT2D eigenvalue weighted by atomic mass is 9.49. The summed E-state index contributed by atoms with van der Waals surface area (Å²) >= 11 is 0. The van der Waals surface area contributed by atoms with Gasteiger partial charge in [0.05, 0.1) is 12.1 Å². The van der Waals surface area contributed by atoms with Gasteiger partial charge in [0.15, 0.2) is 0 Å². The predicted molar refractivity (Wildman–Crippen MR) is 135 cm³/mol. The molecule has 1 saturated heterocycles. The number of pyridine rings is 1. The van der Waals surface area contributed by atoms with Gasteiger partial charge >= 0.3 is 0 Å². The molecule has 1 unspecified atom stereocenters. The van der Waals surface area contributed by atoms with Crippen molar-refractivity contribution in [3.63, 3.8) is 0 Å². The van der Waals surface area contributed by atoms with Crippen molar-refractivity contribution < 1.29 is 9.59 Å². The monoisotopic (exact) mass is 477 g/mol. The van der Waals surface area contributed by atoms with E-state index in [0.717, 1.165) is 61.6 Å². The van der Waals surface area contributed by atoms with Crippen LogP contribution in [0.15, 0.2) is 24.4 Å². The first-order valence-corrected chi connectivity index (χ1v) is 13.6. The van der Waals surface area contributed by atoms with Crippen molar-refractivity contribution in [2.45, 2.75) is 63.8 Å².